The van der Waals surface area contributed by atoms with E-state index in [2.05, 4.69) is 10.3 Å². The van der Waals surface area contributed by atoms with Gasteiger partial charge >= 0.3 is 0 Å². The SMILES string of the molecule is Cc1nn(CC(N)=NO)c(C)c1Cl. The molecular formula is C7H11ClN4O. The van der Waals surface area contributed by atoms with Gasteiger partial charge in [0.2, 0.25) is 0 Å². The fourth-order valence-corrected chi connectivity index (χ4v) is 1.15. The van der Waals surface area contributed by atoms with Gasteiger partial charge in [-0.05, 0) is 13.8 Å². The molecule has 1 heterocycles. The summed E-state index contributed by atoms with van der Waals surface area (Å²) in [6.45, 7) is 3.88. The Balaban J connectivity index is 2.96. The molecule has 0 aliphatic heterocycles. The first-order valence-corrected chi connectivity index (χ1v) is 4.10. The molecule has 6 heteroatoms. The van der Waals surface area contributed by atoms with Gasteiger partial charge in [-0.3, -0.25) is 4.68 Å². The van der Waals surface area contributed by atoms with Crippen LogP contribution < -0.4 is 5.73 Å². The van der Waals surface area contributed by atoms with Crippen molar-refractivity contribution in [2.45, 2.75) is 20.4 Å². The van der Waals surface area contributed by atoms with Crippen molar-refractivity contribution in [1.29, 1.82) is 0 Å². The lowest BCUT2D eigenvalue weighted by atomic mass is 10.4. The van der Waals surface area contributed by atoms with E-state index in [-0.39, 0.29) is 12.4 Å². The maximum absolute atomic E-state index is 8.35. The number of oxime groups is 1. The zero-order valence-electron chi connectivity index (χ0n) is 7.45. The summed E-state index contributed by atoms with van der Waals surface area (Å²) in [5, 5.41) is 15.9. The monoisotopic (exact) mass is 202 g/mol. The van der Waals surface area contributed by atoms with E-state index < -0.39 is 0 Å². The van der Waals surface area contributed by atoms with Crippen molar-refractivity contribution in [3.8, 4) is 0 Å². The van der Waals surface area contributed by atoms with E-state index in [0.29, 0.717) is 5.02 Å². The van der Waals surface area contributed by atoms with Crippen molar-refractivity contribution in [2.75, 3.05) is 0 Å². The third-order valence-corrected chi connectivity index (χ3v) is 2.28. The topological polar surface area (TPSA) is 76.4 Å². The van der Waals surface area contributed by atoms with Crippen LogP contribution >= 0.6 is 11.6 Å². The Hall–Kier alpha value is -1.23. The van der Waals surface area contributed by atoms with Crippen LogP contribution in [-0.2, 0) is 6.54 Å². The van der Waals surface area contributed by atoms with Crippen LogP contribution in [0, 0.1) is 13.8 Å². The maximum Gasteiger partial charge on any atom is 0.160 e. The number of aryl methyl sites for hydroxylation is 1. The fraction of sp³-hybridized carbons (Fsp3) is 0.429. The second-order valence-corrected chi connectivity index (χ2v) is 3.11. The number of nitrogens with zero attached hydrogens (tertiary/aromatic N) is 3. The molecule has 1 rings (SSSR count). The third-order valence-electron chi connectivity index (χ3n) is 1.73. The second kappa shape index (κ2) is 3.66. The highest BCUT2D eigenvalue weighted by molar-refractivity contribution is 6.31. The molecule has 0 saturated carbocycles. The lowest BCUT2D eigenvalue weighted by Crippen LogP contribution is -2.20. The van der Waals surface area contributed by atoms with Crippen LogP contribution in [0.5, 0.6) is 0 Å². The molecule has 1 aromatic rings. The highest BCUT2D eigenvalue weighted by atomic mass is 35.5. The number of halogens is 1. The van der Waals surface area contributed by atoms with E-state index in [1.807, 2.05) is 6.92 Å². The lowest BCUT2D eigenvalue weighted by Gasteiger charge is -2.01. The van der Waals surface area contributed by atoms with Crippen LogP contribution in [0.15, 0.2) is 5.16 Å². The zero-order chi connectivity index (χ0) is 10.0. The molecule has 0 spiro atoms. The summed E-state index contributed by atoms with van der Waals surface area (Å²) in [6, 6.07) is 0. The molecule has 1 aromatic heterocycles. The molecule has 5 nitrogen and oxygen atoms in total. The molecule has 0 aromatic carbocycles. The van der Waals surface area contributed by atoms with Gasteiger partial charge in [0.25, 0.3) is 0 Å². The predicted molar refractivity (Wildman–Crippen MR) is 50.1 cm³/mol. The highest BCUT2D eigenvalue weighted by Gasteiger charge is 2.09. The fourth-order valence-electron chi connectivity index (χ4n) is 1.01. The van der Waals surface area contributed by atoms with E-state index in [0.717, 1.165) is 11.4 Å². The summed E-state index contributed by atoms with van der Waals surface area (Å²) in [5.41, 5.74) is 6.88. The average Bonchev–Trinajstić information content (AvgIpc) is 2.34. The molecular weight excluding hydrogens is 192 g/mol. The number of hydrogen-bond donors (Lipinski definition) is 2. The van der Waals surface area contributed by atoms with Crippen molar-refractivity contribution in [1.82, 2.24) is 9.78 Å². The normalized spacial score (nSPS) is 12.1. The Morgan fingerprint density at radius 2 is 2.31 bits per heavy atom. The number of amidine groups is 1. The van der Waals surface area contributed by atoms with Crippen molar-refractivity contribution < 1.29 is 5.21 Å². The molecule has 13 heavy (non-hydrogen) atoms. The smallest absolute Gasteiger partial charge is 0.160 e. The molecule has 0 saturated heterocycles. The lowest BCUT2D eigenvalue weighted by molar-refractivity contribution is 0.316. The Morgan fingerprint density at radius 1 is 1.69 bits per heavy atom. The first-order chi connectivity index (χ1) is 6.06. The van der Waals surface area contributed by atoms with Crippen LogP contribution in [0.4, 0.5) is 0 Å². The van der Waals surface area contributed by atoms with Gasteiger partial charge in [0.1, 0.15) is 6.54 Å². The Bertz CT molecular complexity index is 345. The molecule has 0 atom stereocenters. The molecule has 0 unspecified atom stereocenters. The summed E-state index contributed by atoms with van der Waals surface area (Å²) < 4.78 is 1.59. The molecule has 0 bridgehead atoms. The Labute approximate surface area is 80.8 Å². The molecule has 0 aliphatic rings. The molecule has 3 N–H and O–H groups in total. The number of rotatable bonds is 2. The van der Waals surface area contributed by atoms with E-state index >= 15 is 0 Å². The first kappa shape index (κ1) is 9.85. The minimum absolute atomic E-state index is 0.0993. The van der Waals surface area contributed by atoms with Crippen LogP contribution in [0.3, 0.4) is 0 Å². The summed E-state index contributed by atoms with van der Waals surface area (Å²) in [5.74, 6) is 0.0993. The summed E-state index contributed by atoms with van der Waals surface area (Å²) in [4.78, 5) is 0. The van der Waals surface area contributed by atoms with Crippen LogP contribution in [0.2, 0.25) is 5.02 Å². The van der Waals surface area contributed by atoms with Crippen LogP contribution in [0.25, 0.3) is 0 Å². The second-order valence-electron chi connectivity index (χ2n) is 2.73. The van der Waals surface area contributed by atoms with E-state index in [9.17, 15) is 0 Å². The zero-order valence-corrected chi connectivity index (χ0v) is 8.21. The minimum atomic E-state index is 0.0993. The number of aromatic nitrogens is 2. The number of hydrogen-bond acceptors (Lipinski definition) is 3. The molecule has 72 valence electrons. The summed E-state index contributed by atoms with van der Waals surface area (Å²) in [6.07, 6.45) is 0. The van der Waals surface area contributed by atoms with Gasteiger partial charge in [-0.1, -0.05) is 16.8 Å². The average molecular weight is 203 g/mol. The Kier molecular flexibility index (Phi) is 2.77. The molecule has 0 fully saturated rings. The van der Waals surface area contributed by atoms with Crippen molar-refractivity contribution in [3.05, 3.63) is 16.4 Å². The first-order valence-electron chi connectivity index (χ1n) is 3.72. The quantitative estimate of drug-likeness (QED) is 0.324. The van der Waals surface area contributed by atoms with Crippen molar-refractivity contribution >= 4 is 17.4 Å². The molecule has 0 radical (unpaired) electrons. The maximum atomic E-state index is 8.35. The van der Waals surface area contributed by atoms with Gasteiger partial charge in [0.05, 0.1) is 16.4 Å². The van der Waals surface area contributed by atoms with E-state index in [4.69, 9.17) is 22.5 Å². The van der Waals surface area contributed by atoms with E-state index in [1.165, 1.54) is 0 Å². The van der Waals surface area contributed by atoms with Gasteiger partial charge in [-0.2, -0.15) is 5.10 Å². The van der Waals surface area contributed by atoms with Crippen LogP contribution in [-0.4, -0.2) is 20.8 Å². The number of nitrogens with two attached hydrogens (primary N) is 1. The van der Waals surface area contributed by atoms with Gasteiger partial charge in [-0.15, -0.1) is 0 Å². The summed E-state index contributed by atoms with van der Waals surface area (Å²) in [7, 11) is 0. The minimum Gasteiger partial charge on any atom is -0.409 e. The Morgan fingerprint density at radius 3 is 2.69 bits per heavy atom. The standard InChI is InChI=1S/C7H11ClN4O/c1-4-7(8)5(2)12(10-4)3-6(9)11-13/h13H,3H2,1-2H3,(H2,9,11). The van der Waals surface area contributed by atoms with E-state index in [1.54, 1.807) is 11.6 Å². The van der Waals surface area contributed by atoms with Crippen molar-refractivity contribution in [2.24, 2.45) is 10.9 Å². The largest absolute Gasteiger partial charge is 0.409 e. The van der Waals surface area contributed by atoms with Gasteiger partial charge in [-0.25, -0.2) is 0 Å². The van der Waals surface area contributed by atoms with Crippen molar-refractivity contribution in [3.63, 3.8) is 0 Å². The predicted octanol–water partition coefficient (Wildman–Crippen LogP) is 0.900. The third kappa shape index (κ3) is 1.92. The molecule has 0 amide bonds. The highest BCUT2D eigenvalue weighted by Crippen LogP contribution is 2.18. The molecule has 0 aliphatic carbocycles. The van der Waals surface area contributed by atoms with Gasteiger partial charge in [0, 0.05) is 0 Å². The van der Waals surface area contributed by atoms with Gasteiger partial charge in [0.15, 0.2) is 5.84 Å². The van der Waals surface area contributed by atoms with Crippen LogP contribution in [0.1, 0.15) is 11.4 Å². The van der Waals surface area contributed by atoms with Gasteiger partial charge < -0.3 is 10.9 Å². The summed E-state index contributed by atoms with van der Waals surface area (Å²) >= 11 is 5.90.